The molecule has 110 valence electrons. The molecule has 0 unspecified atom stereocenters. The Morgan fingerprint density at radius 1 is 1.38 bits per heavy atom. The summed E-state index contributed by atoms with van der Waals surface area (Å²) in [6, 6.07) is 3.90. The molecule has 0 aliphatic rings. The van der Waals surface area contributed by atoms with Crippen LogP contribution in [0.15, 0.2) is 35.6 Å². The van der Waals surface area contributed by atoms with E-state index in [9.17, 15) is 4.79 Å². The van der Waals surface area contributed by atoms with Gasteiger partial charge in [0.25, 0.3) is 0 Å². The van der Waals surface area contributed by atoms with Gasteiger partial charge < -0.3 is 5.32 Å². The minimum absolute atomic E-state index is 0.0722. The van der Waals surface area contributed by atoms with Crippen LogP contribution in [-0.2, 0) is 6.42 Å². The molecule has 2 aromatic rings. The summed E-state index contributed by atoms with van der Waals surface area (Å²) in [5, 5.41) is 3.04. The molecule has 0 radical (unpaired) electrons. The van der Waals surface area contributed by atoms with Crippen molar-refractivity contribution < 1.29 is 4.79 Å². The average Bonchev–Trinajstić information content (AvgIpc) is 2.48. The average molecular weight is 301 g/mol. The van der Waals surface area contributed by atoms with Gasteiger partial charge in [0.05, 0.1) is 0 Å². The standard InChI is InChI=1S/C16H19N3OS/c1-4-21-15-5-6-18-10-13(15)14(20)8-12-7-11(2)9-19-16(12)17-3/h5-7,9-10H,4,8H2,1-3H3,(H,17,19). The lowest BCUT2D eigenvalue weighted by molar-refractivity contribution is 0.0990. The number of anilines is 1. The number of ketones is 1. The second-order valence-electron chi connectivity index (χ2n) is 4.68. The molecule has 0 aliphatic heterocycles. The van der Waals surface area contributed by atoms with Crippen LogP contribution in [0.5, 0.6) is 0 Å². The third kappa shape index (κ3) is 3.82. The number of carbonyl (C=O) groups excluding carboxylic acids is 1. The maximum absolute atomic E-state index is 12.6. The molecule has 0 amide bonds. The Hall–Kier alpha value is -1.88. The van der Waals surface area contributed by atoms with Crippen LogP contribution >= 0.6 is 11.8 Å². The SMILES string of the molecule is CCSc1ccncc1C(=O)Cc1cc(C)cnc1NC. The van der Waals surface area contributed by atoms with Gasteiger partial charge in [-0.05, 0) is 24.3 Å². The molecule has 1 N–H and O–H groups in total. The number of aryl methyl sites for hydroxylation is 1. The number of Topliss-reactive ketones (excluding diaryl/α,β-unsaturated/α-hetero) is 1. The molecular weight excluding hydrogens is 282 g/mol. The second kappa shape index (κ2) is 7.22. The number of thioether (sulfide) groups is 1. The van der Waals surface area contributed by atoms with Crippen molar-refractivity contribution in [3.63, 3.8) is 0 Å². The fourth-order valence-electron chi connectivity index (χ4n) is 2.13. The normalized spacial score (nSPS) is 10.4. The van der Waals surface area contributed by atoms with Crippen LogP contribution in [0.4, 0.5) is 5.82 Å². The number of nitrogens with zero attached hydrogens (tertiary/aromatic N) is 2. The van der Waals surface area contributed by atoms with Crippen LogP contribution in [0.3, 0.4) is 0 Å². The van der Waals surface area contributed by atoms with Gasteiger partial charge in [-0.3, -0.25) is 9.78 Å². The van der Waals surface area contributed by atoms with Crippen molar-refractivity contribution in [1.29, 1.82) is 0 Å². The lowest BCUT2D eigenvalue weighted by atomic mass is 10.0. The number of aromatic nitrogens is 2. The van der Waals surface area contributed by atoms with Gasteiger partial charge in [0.2, 0.25) is 0 Å². The molecule has 4 nitrogen and oxygen atoms in total. The van der Waals surface area contributed by atoms with Crippen LogP contribution < -0.4 is 5.32 Å². The molecule has 0 fully saturated rings. The Balaban J connectivity index is 2.28. The Labute approximate surface area is 129 Å². The molecule has 0 saturated carbocycles. The van der Waals surface area contributed by atoms with Crippen molar-refractivity contribution in [3.8, 4) is 0 Å². The molecule has 2 aromatic heterocycles. The van der Waals surface area contributed by atoms with E-state index in [1.165, 1.54) is 0 Å². The number of hydrogen-bond donors (Lipinski definition) is 1. The summed E-state index contributed by atoms with van der Waals surface area (Å²) < 4.78 is 0. The minimum atomic E-state index is 0.0722. The quantitative estimate of drug-likeness (QED) is 0.655. The summed E-state index contributed by atoms with van der Waals surface area (Å²) in [4.78, 5) is 22.0. The van der Waals surface area contributed by atoms with E-state index < -0.39 is 0 Å². The van der Waals surface area contributed by atoms with Crippen LogP contribution in [0.2, 0.25) is 0 Å². The summed E-state index contributed by atoms with van der Waals surface area (Å²) >= 11 is 1.66. The first-order chi connectivity index (χ1) is 10.2. The number of rotatable bonds is 6. The molecule has 21 heavy (non-hydrogen) atoms. The largest absolute Gasteiger partial charge is 0.373 e. The number of nitrogens with one attached hydrogen (secondary N) is 1. The predicted molar refractivity (Wildman–Crippen MR) is 87.2 cm³/mol. The van der Waals surface area contributed by atoms with E-state index in [1.807, 2.05) is 26.1 Å². The Bertz CT molecular complexity index is 643. The molecular formula is C16H19N3OS. The van der Waals surface area contributed by atoms with E-state index in [4.69, 9.17) is 0 Å². The van der Waals surface area contributed by atoms with Crippen LogP contribution in [0.25, 0.3) is 0 Å². The maximum Gasteiger partial charge on any atom is 0.170 e. The Morgan fingerprint density at radius 3 is 2.90 bits per heavy atom. The lowest BCUT2D eigenvalue weighted by Gasteiger charge is -2.10. The molecule has 0 spiro atoms. The van der Waals surface area contributed by atoms with Gasteiger partial charge in [0.15, 0.2) is 5.78 Å². The van der Waals surface area contributed by atoms with Gasteiger partial charge in [0.1, 0.15) is 5.82 Å². The van der Waals surface area contributed by atoms with Gasteiger partial charge in [0, 0.05) is 48.1 Å². The highest BCUT2D eigenvalue weighted by molar-refractivity contribution is 7.99. The van der Waals surface area contributed by atoms with Crippen LogP contribution in [0.1, 0.15) is 28.4 Å². The van der Waals surface area contributed by atoms with E-state index in [2.05, 4.69) is 22.2 Å². The molecule has 0 atom stereocenters. The summed E-state index contributed by atoms with van der Waals surface area (Å²) in [6.07, 6.45) is 5.50. The minimum Gasteiger partial charge on any atom is -0.373 e. The van der Waals surface area contributed by atoms with E-state index in [0.29, 0.717) is 12.0 Å². The Kier molecular flexibility index (Phi) is 5.33. The number of pyridine rings is 2. The summed E-state index contributed by atoms with van der Waals surface area (Å²) in [7, 11) is 1.81. The van der Waals surface area contributed by atoms with E-state index in [-0.39, 0.29) is 5.78 Å². The summed E-state index contributed by atoms with van der Waals surface area (Å²) in [5.74, 6) is 1.75. The Morgan fingerprint density at radius 2 is 2.19 bits per heavy atom. The molecule has 0 bridgehead atoms. The summed E-state index contributed by atoms with van der Waals surface area (Å²) in [5.41, 5.74) is 2.65. The zero-order chi connectivity index (χ0) is 15.2. The first kappa shape index (κ1) is 15.5. The van der Waals surface area contributed by atoms with Crippen molar-refractivity contribution in [3.05, 3.63) is 47.4 Å². The molecule has 2 rings (SSSR count). The van der Waals surface area contributed by atoms with Gasteiger partial charge in [-0.25, -0.2) is 4.98 Å². The maximum atomic E-state index is 12.6. The fraction of sp³-hybridized carbons (Fsp3) is 0.312. The van der Waals surface area contributed by atoms with Crippen LogP contribution in [0, 0.1) is 6.92 Å². The highest BCUT2D eigenvalue weighted by atomic mass is 32.2. The highest BCUT2D eigenvalue weighted by Gasteiger charge is 2.15. The van der Waals surface area contributed by atoms with Crippen molar-refractivity contribution >= 4 is 23.4 Å². The fourth-order valence-corrected chi connectivity index (χ4v) is 2.92. The second-order valence-corrected chi connectivity index (χ2v) is 5.98. The highest BCUT2D eigenvalue weighted by Crippen LogP contribution is 2.24. The van der Waals surface area contributed by atoms with Gasteiger partial charge in [-0.15, -0.1) is 11.8 Å². The molecule has 2 heterocycles. The predicted octanol–water partition coefficient (Wildman–Crippen LogP) is 3.36. The van der Waals surface area contributed by atoms with Crippen LogP contribution in [-0.4, -0.2) is 28.6 Å². The first-order valence-corrected chi connectivity index (χ1v) is 7.87. The van der Waals surface area contributed by atoms with Gasteiger partial charge in [-0.1, -0.05) is 13.0 Å². The zero-order valence-electron chi connectivity index (χ0n) is 12.5. The number of carbonyl (C=O) groups is 1. The smallest absolute Gasteiger partial charge is 0.170 e. The molecule has 0 saturated heterocycles. The molecule has 5 heteroatoms. The first-order valence-electron chi connectivity index (χ1n) is 6.89. The zero-order valence-corrected chi connectivity index (χ0v) is 13.3. The lowest BCUT2D eigenvalue weighted by Crippen LogP contribution is -2.09. The van der Waals surface area contributed by atoms with E-state index >= 15 is 0 Å². The number of hydrogen-bond acceptors (Lipinski definition) is 5. The van der Waals surface area contributed by atoms with Crippen molar-refractivity contribution in [2.45, 2.75) is 25.2 Å². The summed E-state index contributed by atoms with van der Waals surface area (Å²) in [6.45, 7) is 4.05. The molecule has 0 aromatic carbocycles. The van der Waals surface area contributed by atoms with Gasteiger partial charge in [-0.2, -0.15) is 0 Å². The van der Waals surface area contributed by atoms with Crippen molar-refractivity contribution in [2.24, 2.45) is 0 Å². The van der Waals surface area contributed by atoms with Crippen molar-refractivity contribution in [2.75, 3.05) is 18.1 Å². The van der Waals surface area contributed by atoms with E-state index in [1.54, 1.807) is 30.4 Å². The van der Waals surface area contributed by atoms with Crippen molar-refractivity contribution in [1.82, 2.24) is 9.97 Å². The third-order valence-corrected chi connectivity index (χ3v) is 4.03. The molecule has 0 aliphatic carbocycles. The van der Waals surface area contributed by atoms with E-state index in [0.717, 1.165) is 27.6 Å². The third-order valence-electron chi connectivity index (χ3n) is 3.07. The van der Waals surface area contributed by atoms with Gasteiger partial charge >= 0.3 is 0 Å². The topological polar surface area (TPSA) is 54.9 Å². The monoisotopic (exact) mass is 301 g/mol.